The average molecular weight is 300 g/mol. The maximum absolute atomic E-state index is 12.2. The number of benzene rings is 1. The van der Waals surface area contributed by atoms with Gasteiger partial charge in [0, 0.05) is 23.0 Å². The Morgan fingerprint density at radius 2 is 1.95 bits per heavy atom. The molecule has 0 aliphatic carbocycles. The Labute approximate surface area is 119 Å². The van der Waals surface area contributed by atoms with Crippen LogP contribution in [0.3, 0.4) is 0 Å². The second kappa shape index (κ2) is 6.07. The lowest BCUT2D eigenvalue weighted by Gasteiger charge is -2.31. The van der Waals surface area contributed by atoms with E-state index in [2.05, 4.69) is 0 Å². The lowest BCUT2D eigenvalue weighted by atomic mass is 10.1. The highest BCUT2D eigenvalue weighted by Crippen LogP contribution is 2.21. The number of nitrogens with zero attached hydrogens (tertiary/aromatic N) is 1. The summed E-state index contributed by atoms with van der Waals surface area (Å²) in [6.07, 6.45) is 4.60. The van der Waals surface area contributed by atoms with E-state index >= 15 is 0 Å². The summed E-state index contributed by atoms with van der Waals surface area (Å²) < 4.78 is 26.1. The van der Waals surface area contributed by atoms with E-state index in [4.69, 9.17) is 11.6 Å². The topological polar surface area (TPSA) is 37.4 Å². The summed E-state index contributed by atoms with van der Waals surface area (Å²) in [6, 6.07) is 7.19. The molecule has 104 valence electrons. The molecule has 0 saturated carbocycles. The molecule has 0 bridgehead atoms. The summed E-state index contributed by atoms with van der Waals surface area (Å²) in [5.74, 6) is 0. The molecule has 0 radical (unpaired) electrons. The van der Waals surface area contributed by atoms with Gasteiger partial charge in [0.15, 0.2) is 0 Å². The zero-order chi connectivity index (χ0) is 13.9. The maximum atomic E-state index is 12.2. The standard InChI is InChI=1S/C14H18ClNO2S/c1-12-4-2-3-10-16(12)19(17,18)11-9-13-5-7-14(15)8-6-13/h5-9,11-12H,2-4,10H2,1H3/b11-9+/t12-/m0/s1. The molecular formula is C14H18ClNO2S. The van der Waals surface area contributed by atoms with Gasteiger partial charge in [-0.25, -0.2) is 8.42 Å². The van der Waals surface area contributed by atoms with Crippen molar-refractivity contribution < 1.29 is 8.42 Å². The SMILES string of the molecule is C[C@H]1CCCCN1S(=O)(=O)/C=C/c1ccc(Cl)cc1. The van der Waals surface area contributed by atoms with E-state index in [1.54, 1.807) is 34.6 Å². The monoisotopic (exact) mass is 299 g/mol. The van der Waals surface area contributed by atoms with Crippen molar-refractivity contribution in [2.24, 2.45) is 0 Å². The van der Waals surface area contributed by atoms with Crippen molar-refractivity contribution in [2.75, 3.05) is 6.54 Å². The summed E-state index contributed by atoms with van der Waals surface area (Å²) in [4.78, 5) is 0. The summed E-state index contributed by atoms with van der Waals surface area (Å²) in [6.45, 7) is 2.58. The minimum Gasteiger partial charge on any atom is -0.207 e. The van der Waals surface area contributed by atoms with Crippen molar-refractivity contribution in [3.63, 3.8) is 0 Å². The average Bonchev–Trinajstić information content (AvgIpc) is 2.38. The van der Waals surface area contributed by atoms with Gasteiger partial charge in [0.05, 0.1) is 0 Å². The summed E-state index contributed by atoms with van der Waals surface area (Å²) >= 11 is 5.79. The molecule has 2 rings (SSSR count). The van der Waals surface area contributed by atoms with Crippen LogP contribution in [0.15, 0.2) is 29.7 Å². The predicted octanol–water partition coefficient (Wildman–Crippen LogP) is 3.51. The number of piperidine rings is 1. The first-order valence-corrected chi connectivity index (χ1v) is 8.33. The predicted molar refractivity (Wildman–Crippen MR) is 79.4 cm³/mol. The first kappa shape index (κ1) is 14.6. The minimum absolute atomic E-state index is 0.0913. The molecule has 1 atom stereocenters. The number of hydrogen-bond donors (Lipinski definition) is 0. The van der Waals surface area contributed by atoms with Gasteiger partial charge in [-0.05, 0) is 43.5 Å². The minimum atomic E-state index is -3.32. The molecule has 1 saturated heterocycles. The Balaban J connectivity index is 2.14. The highest BCUT2D eigenvalue weighted by Gasteiger charge is 2.27. The van der Waals surface area contributed by atoms with Gasteiger partial charge in [-0.2, -0.15) is 4.31 Å². The second-order valence-electron chi connectivity index (χ2n) is 4.85. The van der Waals surface area contributed by atoms with E-state index in [0.717, 1.165) is 24.8 Å². The van der Waals surface area contributed by atoms with Gasteiger partial charge in [-0.1, -0.05) is 30.2 Å². The van der Waals surface area contributed by atoms with Gasteiger partial charge in [-0.3, -0.25) is 0 Å². The van der Waals surface area contributed by atoms with E-state index in [-0.39, 0.29) is 6.04 Å². The van der Waals surface area contributed by atoms with Crippen LogP contribution in [0.2, 0.25) is 5.02 Å². The smallest absolute Gasteiger partial charge is 0.207 e. The van der Waals surface area contributed by atoms with Gasteiger partial charge in [0.25, 0.3) is 0 Å². The lowest BCUT2D eigenvalue weighted by molar-refractivity contribution is 0.271. The molecule has 0 spiro atoms. The molecule has 0 N–H and O–H groups in total. The molecule has 1 fully saturated rings. The molecule has 1 heterocycles. The van der Waals surface area contributed by atoms with Crippen LogP contribution in [0, 0.1) is 0 Å². The van der Waals surface area contributed by atoms with Crippen LogP contribution in [0.25, 0.3) is 6.08 Å². The first-order valence-electron chi connectivity index (χ1n) is 6.44. The molecule has 1 aliphatic heterocycles. The van der Waals surface area contributed by atoms with Gasteiger partial charge in [0.1, 0.15) is 0 Å². The van der Waals surface area contributed by atoms with E-state index in [0.29, 0.717) is 11.6 Å². The van der Waals surface area contributed by atoms with E-state index in [9.17, 15) is 8.42 Å². The highest BCUT2D eigenvalue weighted by atomic mass is 35.5. The van der Waals surface area contributed by atoms with E-state index in [1.807, 2.05) is 6.92 Å². The number of sulfonamides is 1. The third kappa shape index (κ3) is 3.81. The Bertz CT molecular complexity index is 551. The number of halogens is 1. The summed E-state index contributed by atoms with van der Waals surface area (Å²) in [5, 5.41) is 1.93. The Morgan fingerprint density at radius 1 is 1.26 bits per heavy atom. The van der Waals surface area contributed by atoms with Crippen LogP contribution in [-0.2, 0) is 10.0 Å². The zero-order valence-electron chi connectivity index (χ0n) is 10.9. The molecule has 0 unspecified atom stereocenters. The quantitative estimate of drug-likeness (QED) is 0.856. The molecule has 1 aromatic carbocycles. The van der Waals surface area contributed by atoms with Crippen LogP contribution in [0.4, 0.5) is 0 Å². The fraction of sp³-hybridized carbons (Fsp3) is 0.429. The molecule has 5 heteroatoms. The van der Waals surface area contributed by atoms with Crippen molar-refractivity contribution in [1.29, 1.82) is 0 Å². The van der Waals surface area contributed by atoms with E-state index in [1.165, 1.54) is 5.41 Å². The van der Waals surface area contributed by atoms with Gasteiger partial charge in [0.2, 0.25) is 10.0 Å². The lowest BCUT2D eigenvalue weighted by Crippen LogP contribution is -2.40. The van der Waals surface area contributed by atoms with Gasteiger partial charge < -0.3 is 0 Å². The zero-order valence-corrected chi connectivity index (χ0v) is 12.5. The Hall–Kier alpha value is -0.840. The summed E-state index contributed by atoms with van der Waals surface area (Å²) in [5.41, 5.74) is 0.831. The number of rotatable bonds is 3. The van der Waals surface area contributed by atoms with Gasteiger partial charge in [-0.15, -0.1) is 0 Å². The van der Waals surface area contributed by atoms with Crippen LogP contribution < -0.4 is 0 Å². The van der Waals surface area contributed by atoms with Crippen LogP contribution in [-0.4, -0.2) is 25.3 Å². The second-order valence-corrected chi connectivity index (χ2v) is 7.06. The largest absolute Gasteiger partial charge is 0.236 e. The molecule has 1 aliphatic rings. The fourth-order valence-corrected chi connectivity index (χ4v) is 3.87. The number of hydrogen-bond acceptors (Lipinski definition) is 2. The van der Waals surface area contributed by atoms with Crippen molar-refractivity contribution >= 4 is 27.7 Å². The van der Waals surface area contributed by atoms with Crippen molar-refractivity contribution in [3.8, 4) is 0 Å². The van der Waals surface area contributed by atoms with Crippen LogP contribution in [0.1, 0.15) is 31.7 Å². The van der Waals surface area contributed by atoms with Crippen molar-refractivity contribution in [1.82, 2.24) is 4.31 Å². The Kier molecular flexibility index (Phi) is 4.66. The van der Waals surface area contributed by atoms with Crippen molar-refractivity contribution in [3.05, 3.63) is 40.3 Å². The molecule has 0 amide bonds. The third-order valence-electron chi connectivity index (χ3n) is 3.37. The highest BCUT2D eigenvalue weighted by molar-refractivity contribution is 7.92. The Morgan fingerprint density at radius 3 is 2.58 bits per heavy atom. The molecule has 3 nitrogen and oxygen atoms in total. The summed E-state index contributed by atoms with van der Waals surface area (Å²) in [7, 11) is -3.32. The first-order chi connectivity index (χ1) is 8.99. The van der Waals surface area contributed by atoms with Gasteiger partial charge >= 0.3 is 0 Å². The normalized spacial score (nSPS) is 21.9. The maximum Gasteiger partial charge on any atom is 0.236 e. The van der Waals surface area contributed by atoms with Crippen LogP contribution in [0.5, 0.6) is 0 Å². The third-order valence-corrected chi connectivity index (χ3v) is 5.30. The van der Waals surface area contributed by atoms with Crippen molar-refractivity contribution in [2.45, 2.75) is 32.2 Å². The fourth-order valence-electron chi connectivity index (χ4n) is 2.27. The molecule has 1 aromatic rings. The van der Waals surface area contributed by atoms with Crippen LogP contribution >= 0.6 is 11.6 Å². The molecular weight excluding hydrogens is 282 g/mol. The van der Waals surface area contributed by atoms with E-state index < -0.39 is 10.0 Å². The molecule has 0 aromatic heterocycles. The molecule has 19 heavy (non-hydrogen) atoms.